The van der Waals surface area contributed by atoms with Gasteiger partial charge in [0, 0.05) is 0 Å². The summed E-state index contributed by atoms with van der Waals surface area (Å²) in [5.41, 5.74) is 0.610. The zero-order valence-corrected chi connectivity index (χ0v) is 19.1. The zero-order valence-electron chi connectivity index (χ0n) is 18.3. The van der Waals surface area contributed by atoms with E-state index in [4.69, 9.17) is 14.0 Å². The number of hydrogen-bond acceptors (Lipinski definition) is 8. The summed E-state index contributed by atoms with van der Waals surface area (Å²) in [6.07, 6.45) is 0. The number of esters is 1. The van der Waals surface area contributed by atoms with Crippen molar-refractivity contribution in [3.63, 3.8) is 0 Å². The Balaban J connectivity index is 1.70. The normalized spacial score (nSPS) is 12.5. The molecule has 11 heteroatoms. The predicted octanol–water partition coefficient (Wildman–Crippen LogP) is 3.32. The summed E-state index contributed by atoms with van der Waals surface area (Å²) in [6.45, 7) is 5.20. The lowest BCUT2D eigenvalue weighted by molar-refractivity contribution is -0.148. The summed E-state index contributed by atoms with van der Waals surface area (Å²) in [7, 11) is -4.30. The van der Waals surface area contributed by atoms with Crippen LogP contribution < -0.4 is 9.46 Å². The molecule has 3 rings (SSSR count). The van der Waals surface area contributed by atoms with Crippen molar-refractivity contribution in [2.75, 3.05) is 6.61 Å². The Hall–Kier alpha value is -3.31. The Morgan fingerprint density at radius 1 is 1.15 bits per heavy atom. The van der Waals surface area contributed by atoms with Crippen LogP contribution in [0.25, 0.3) is 11.4 Å². The van der Waals surface area contributed by atoms with Crippen LogP contribution in [0.4, 0.5) is 4.39 Å². The highest BCUT2D eigenvalue weighted by atomic mass is 32.2. The van der Waals surface area contributed by atoms with Gasteiger partial charge >= 0.3 is 5.97 Å². The van der Waals surface area contributed by atoms with Crippen molar-refractivity contribution < 1.29 is 31.6 Å². The van der Waals surface area contributed by atoms with Gasteiger partial charge in [-0.05, 0) is 37.1 Å². The van der Waals surface area contributed by atoms with E-state index < -0.39 is 38.7 Å². The molecule has 0 radical (unpaired) electrons. The number of carbonyl (C=O) groups excluding carboxylic acids is 1. The molecule has 0 amide bonds. The molecular weight excluding hydrogens is 453 g/mol. The summed E-state index contributed by atoms with van der Waals surface area (Å²) < 4.78 is 57.2. The third-order valence-corrected chi connectivity index (χ3v) is 6.04. The number of carbonyl (C=O) groups is 1. The minimum absolute atomic E-state index is 0.0177. The zero-order chi connectivity index (χ0) is 24.0. The highest BCUT2D eigenvalue weighted by Crippen LogP contribution is 2.27. The monoisotopic (exact) mass is 477 g/mol. The highest BCUT2D eigenvalue weighted by molar-refractivity contribution is 7.89. The topological polar surface area (TPSA) is 121 Å². The maximum absolute atomic E-state index is 14.0. The molecule has 0 aliphatic carbocycles. The van der Waals surface area contributed by atoms with Crippen molar-refractivity contribution in [2.24, 2.45) is 5.92 Å². The molecule has 0 unspecified atom stereocenters. The van der Waals surface area contributed by atoms with Gasteiger partial charge in [0.25, 0.3) is 5.89 Å². The van der Waals surface area contributed by atoms with E-state index in [-0.39, 0.29) is 18.3 Å². The standard InChI is InChI=1S/C22H24FN3O6S/c1-4-30-17-11-7-5-9-15(17)21-24-19(32-25-21)13-31-22(27)20(14(2)3)26-33(28,29)18-12-8-6-10-16(18)23/h5-12,14,20,26H,4,13H2,1-3H3/t20-/m0/s1. The molecule has 176 valence electrons. The molecule has 0 aliphatic heterocycles. The largest absolute Gasteiger partial charge is 0.493 e. The molecule has 1 heterocycles. The number of hydrogen-bond donors (Lipinski definition) is 1. The number of para-hydroxylation sites is 1. The summed E-state index contributed by atoms with van der Waals surface area (Å²) in [6, 6.07) is 10.8. The third kappa shape index (κ3) is 5.93. The van der Waals surface area contributed by atoms with E-state index in [0.29, 0.717) is 17.9 Å². The van der Waals surface area contributed by atoms with Gasteiger partial charge in [0.15, 0.2) is 6.61 Å². The number of rotatable bonds is 10. The van der Waals surface area contributed by atoms with Crippen LogP contribution in [0.2, 0.25) is 0 Å². The summed E-state index contributed by atoms with van der Waals surface area (Å²) in [5.74, 6) is -1.41. The van der Waals surface area contributed by atoms with Crippen molar-refractivity contribution in [3.8, 4) is 17.1 Å². The van der Waals surface area contributed by atoms with Crippen LogP contribution in [0.1, 0.15) is 26.7 Å². The van der Waals surface area contributed by atoms with Gasteiger partial charge in [-0.25, -0.2) is 12.8 Å². The molecule has 0 saturated carbocycles. The average molecular weight is 478 g/mol. The second-order valence-electron chi connectivity index (χ2n) is 7.32. The summed E-state index contributed by atoms with van der Waals surface area (Å²) in [4.78, 5) is 16.3. The van der Waals surface area contributed by atoms with Gasteiger partial charge in [0.05, 0.1) is 12.2 Å². The minimum atomic E-state index is -4.30. The number of sulfonamides is 1. The first-order valence-corrected chi connectivity index (χ1v) is 11.7. The van der Waals surface area contributed by atoms with Crippen LogP contribution in [0.15, 0.2) is 57.9 Å². The van der Waals surface area contributed by atoms with E-state index in [9.17, 15) is 17.6 Å². The average Bonchev–Trinajstić information content (AvgIpc) is 3.25. The van der Waals surface area contributed by atoms with Gasteiger partial charge in [0.2, 0.25) is 15.8 Å². The number of nitrogens with zero attached hydrogens (tertiary/aromatic N) is 2. The lowest BCUT2D eigenvalue weighted by Crippen LogP contribution is -2.45. The van der Waals surface area contributed by atoms with Crippen LogP contribution in [0.5, 0.6) is 5.75 Å². The molecule has 33 heavy (non-hydrogen) atoms. The van der Waals surface area contributed by atoms with E-state index in [0.717, 1.165) is 12.1 Å². The van der Waals surface area contributed by atoms with Gasteiger partial charge in [-0.15, -0.1) is 0 Å². The molecule has 0 bridgehead atoms. The van der Waals surface area contributed by atoms with Gasteiger partial charge < -0.3 is 14.0 Å². The fraction of sp³-hybridized carbons (Fsp3) is 0.318. The van der Waals surface area contributed by atoms with E-state index in [2.05, 4.69) is 14.9 Å². The molecule has 1 aromatic heterocycles. The highest BCUT2D eigenvalue weighted by Gasteiger charge is 2.31. The Kier molecular flexibility index (Phi) is 7.77. The molecule has 2 aromatic carbocycles. The SMILES string of the molecule is CCOc1ccccc1-c1noc(COC(=O)[C@@H](NS(=O)(=O)c2ccccc2F)C(C)C)n1. The minimum Gasteiger partial charge on any atom is -0.493 e. The van der Waals surface area contributed by atoms with Crippen molar-refractivity contribution in [3.05, 3.63) is 60.2 Å². The second-order valence-corrected chi connectivity index (χ2v) is 9.00. The molecule has 0 aliphatic rings. The third-order valence-electron chi connectivity index (χ3n) is 4.56. The lowest BCUT2D eigenvalue weighted by atomic mass is 10.1. The Labute approximate surface area is 191 Å². The maximum atomic E-state index is 14.0. The maximum Gasteiger partial charge on any atom is 0.324 e. The van der Waals surface area contributed by atoms with Crippen LogP contribution in [0, 0.1) is 11.7 Å². The Morgan fingerprint density at radius 3 is 2.55 bits per heavy atom. The molecule has 0 fully saturated rings. The van der Waals surface area contributed by atoms with E-state index in [1.807, 2.05) is 13.0 Å². The molecular formula is C22H24FN3O6S. The van der Waals surface area contributed by atoms with Crippen molar-refractivity contribution in [1.29, 1.82) is 0 Å². The second kappa shape index (κ2) is 10.5. The Bertz CT molecular complexity index is 1210. The number of benzene rings is 2. The van der Waals surface area contributed by atoms with E-state index in [1.165, 1.54) is 12.1 Å². The Morgan fingerprint density at radius 2 is 1.85 bits per heavy atom. The van der Waals surface area contributed by atoms with E-state index >= 15 is 0 Å². The van der Waals surface area contributed by atoms with Gasteiger partial charge in [0.1, 0.15) is 22.5 Å². The number of ether oxygens (including phenoxy) is 2. The molecule has 0 saturated heterocycles. The fourth-order valence-corrected chi connectivity index (χ4v) is 4.34. The van der Waals surface area contributed by atoms with Crippen LogP contribution >= 0.6 is 0 Å². The van der Waals surface area contributed by atoms with Crippen LogP contribution in [0.3, 0.4) is 0 Å². The van der Waals surface area contributed by atoms with Crippen LogP contribution in [-0.2, 0) is 26.2 Å². The van der Waals surface area contributed by atoms with Crippen LogP contribution in [-0.4, -0.2) is 37.2 Å². The fourth-order valence-electron chi connectivity index (χ4n) is 2.93. The predicted molar refractivity (Wildman–Crippen MR) is 116 cm³/mol. The van der Waals surface area contributed by atoms with Gasteiger partial charge in [-0.3, -0.25) is 4.79 Å². The first-order chi connectivity index (χ1) is 15.7. The first-order valence-electron chi connectivity index (χ1n) is 10.2. The molecule has 1 N–H and O–H groups in total. The molecule has 0 spiro atoms. The lowest BCUT2D eigenvalue weighted by Gasteiger charge is -2.20. The van der Waals surface area contributed by atoms with Crippen molar-refractivity contribution in [2.45, 2.75) is 38.3 Å². The quantitative estimate of drug-likeness (QED) is 0.442. The summed E-state index contributed by atoms with van der Waals surface area (Å²) >= 11 is 0. The van der Waals surface area contributed by atoms with E-state index in [1.54, 1.807) is 32.0 Å². The number of halogens is 1. The smallest absolute Gasteiger partial charge is 0.324 e. The molecule has 3 aromatic rings. The van der Waals surface area contributed by atoms with Crippen molar-refractivity contribution in [1.82, 2.24) is 14.9 Å². The van der Waals surface area contributed by atoms with Crippen molar-refractivity contribution >= 4 is 16.0 Å². The number of aromatic nitrogens is 2. The van der Waals surface area contributed by atoms with Gasteiger partial charge in [-0.2, -0.15) is 9.71 Å². The van der Waals surface area contributed by atoms with Gasteiger partial charge in [-0.1, -0.05) is 43.3 Å². The molecule has 9 nitrogen and oxygen atoms in total. The first kappa shape index (κ1) is 24.3. The number of nitrogens with one attached hydrogen (secondary N) is 1. The summed E-state index contributed by atoms with van der Waals surface area (Å²) in [5, 5.41) is 3.89. The molecule has 1 atom stereocenters.